The SMILES string of the molecule is NC(Cc1ccccc1)c1nc2cc(CO)ccc2o1. The second-order valence-electron chi connectivity index (χ2n) is 4.81. The Balaban J connectivity index is 1.86. The van der Waals surface area contributed by atoms with Crippen LogP contribution in [0.15, 0.2) is 52.9 Å². The molecule has 20 heavy (non-hydrogen) atoms. The predicted molar refractivity (Wildman–Crippen MR) is 77.0 cm³/mol. The molecular formula is C16H16N2O2. The van der Waals surface area contributed by atoms with Crippen LogP contribution < -0.4 is 5.73 Å². The van der Waals surface area contributed by atoms with Crippen LogP contribution in [0.3, 0.4) is 0 Å². The Morgan fingerprint density at radius 2 is 1.90 bits per heavy atom. The van der Waals surface area contributed by atoms with Crippen molar-refractivity contribution >= 4 is 11.1 Å². The van der Waals surface area contributed by atoms with Crippen LogP contribution in [0, 0.1) is 0 Å². The zero-order chi connectivity index (χ0) is 13.9. The summed E-state index contributed by atoms with van der Waals surface area (Å²) in [6.45, 7) is -0.00575. The van der Waals surface area contributed by atoms with Crippen molar-refractivity contribution in [2.45, 2.75) is 19.1 Å². The fourth-order valence-corrected chi connectivity index (χ4v) is 2.20. The molecule has 2 aromatic carbocycles. The van der Waals surface area contributed by atoms with Crippen molar-refractivity contribution in [1.29, 1.82) is 0 Å². The van der Waals surface area contributed by atoms with E-state index in [1.165, 1.54) is 0 Å². The lowest BCUT2D eigenvalue weighted by Gasteiger charge is -2.06. The van der Waals surface area contributed by atoms with Crippen molar-refractivity contribution in [2.75, 3.05) is 0 Å². The molecule has 0 amide bonds. The lowest BCUT2D eigenvalue weighted by molar-refractivity contribution is 0.282. The van der Waals surface area contributed by atoms with Gasteiger partial charge in [0.15, 0.2) is 5.58 Å². The molecule has 3 aromatic rings. The molecule has 0 bridgehead atoms. The van der Waals surface area contributed by atoms with Crippen molar-refractivity contribution in [3.8, 4) is 0 Å². The number of hydrogen-bond acceptors (Lipinski definition) is 4. The molecule has 0 aliphatic carbocycles. The Labute approximate surface area is 116 Å². The standard InChI is InChI=1S/C16H16N2O2/c17-13(8-11-4-2-1-3-5-11)16-18-14-9-12(10-19)6-7-15(14)20-16/h1-7,9,13,19H,8,10,17H2. The van der Waals surface area contributed by atoms with Crippen molar-refractivity contribution in [3.63, 3.8) is 0 Å². The molecule has 1 aromatic heterocycles. The molecule has 3 N–H and O–H groups in total. The van der Waals surface area contributed by atoms with Crippen LogP contribution in [-0.2, 0) is 13.0 Å². The highest BCUT2D eigenvalue weighted by Gasteiger charge is 2.14. The van der Waals surface area contributed by atoms with Gasteiger partial charge in [-0.1, -0.05) is 36.4 Å². The van der Waals surface area contributed by atoms with Gasteiger partial charge in [0.25, 0.3) is 0 Å². The van der Waals surface area contributed by atoms with Crippen LogP contribution in [0.4, 0.5) is 0 Å². The number of oxazole rings is 1. The summed E-state index contributed by atoms with van der Waals surface area (Å²) in [4.78, 5) is 4.41. The maximum atomic E-state index is 9.12. The van der Waals surface area contributed by atoms with Crippen LogP contribution >= 0.6 is 0 Å². The molecule has 1 heterocycles. The molecule has 0 spiro atoms. The van der Waals surface area contributed by atoms with E-state index in [0.717, 1.165) is 16.6 Å². The van der Waals surface area contributed by atoms with E-state index < -0.39 is 0 Å². The van der Waals surface area contributed by atoms with Gasteiger partial charge in [-0.05, 0) is 29.7 Å². The van der Waals surface area contributed by atoms with Gasteiger partial charge in [0.2, 0.25) is 5.89 Å². The van der Waals surface area contributed by atoms with E-state index in [2.05, 4.69) is 4.98 Å². The summed E-state index contributed by atoms with van der Waals surface area (Å²) in [5, 5.41) is 9.12. The topological polar surface area (TPSA) is 72.3 Å². The van der Waals surface area contributed by atoms with Gasteiger partial charge in [0, 0.05) is 0 Å². The molecule has 102 valence electrons. The first kappa shape index (κ1) is 12.8. The number of fused-ring (bicyclic) bond motifs is 1. The van der Waals surface area contributed by atoms with Crippen LogP contribution in [0.5, 0.6) is 0 Å². The summed E-state index contributed by atoms with van der Waals surface area (Å²) in [7, 11) is 0. The number of nitrogens with two attached hydrogens (primary N) is 1. The van der Waals surface area contributed by atoms with Gasteiger partial charge in [-0.25, -0.2) is 4.98 Å². The Hall–Kier alpha value is -2.17. The first-order chi connectivity index (χ1) is 9.76. The fourth-order valence-electron chi connectivity index (χ4n) is 2.20. The molecular weight excluding hydrogens is 252 g/mol. The third kappa shape index (κ3) is 2.57. The summed E-state index contributed by atoms with van der Waals surface area (Å²) in [6.07, 6.45) is 0.681. The van der Waals surface area contributed by atoms with Gasteiger partial charge in [0.1, 0.15) is 5.52 Å². The quantitative estimate of drug-likeness (QED) is 0.762. The van der Waals surface area contributed by atoms with E-state index in [9.17, 15) is 0 Å². The minimum Gasteiger partial charge on any atom is -0.439 e. The second kappa shape index (κ2) is 5.45. The van der Waals surface area contributed by atoms with E-state index >= 15 is 0 Å². The first-order valence-electron chi connectivity index (χ1n) is 6.56. The summed E-state index contributed by atoms with van der Waals surface area (Å²) in [5.74, 6) is 0.527. The summed E-state index contributed by atoms with van der Waals surface area (Å²) in [6, 6.07) is 15.2. The van der Waals surface area contributed by atoms with Crippen LogP contribution in [-0.4, -0.2) is 10.1 Å². The number of hydrogen-bond donors (Lipinski definition) is 2. The van der Waals surface area contributed by atoms with E-state index in [1.54, 1.807) is 0 Å². The zero-order valence-electron chi connectivity index (χ0n) is 11.0. The molecule has 1 unspecified atom stereocenters. The average Bonchev–Trinajstić information content (AvgIpc) is 2.91. The van der Waals surface area contributed by atoms with E-state index in [-0.39, 0.29) is 12.6 Å². The van der Waals surface area contributed by atoms with Gasteiger partial charge in [-0.15, -0.1) is 0 Å². The van der Waals surface area contributed by atoms with E-state index in [0.29, 0.717) is 17.9 Å². The monoisotopic (exact) mass is 268 g/mol. The highest BCUT2D eigenvalue weighted by molar-refractivity contribution is 5.73. The molecule has 0 radical (unpaired) electrons. The van der Waals surface area contributed by atoms with Gasteiger partial charge >= 0.3 is 0 Å². The number of benzene rings is 2. The highest BCUT2D eigenvalue weighted by Crippen LogP contribution is 2.22. The maximum Gasteiger partial charge on any atom is 0.212 e. The maximum absolute atomic E-state index is 9.12. The third-order valence-electron chi connectivity index (χ3n) is 3.27. The predicted octanol–water partition coefficient (Wildman–Crippen LogP) is 2.56. The number of aliphatic hydroxyl groups is 1. The molecule has 1 atom stereocenters. The Morgan fingerprint density at radius 1 is 1.10 bits per heavy atom. The van der Waals surface area contributed by atoms with Crippen LogP contribution in [0.25, 0.3) is 11.1 Å². The third-order valence-corrected chi connectivity index (χ3v) is 3.27. The Morgan fingerprint density at radius 3 is 2.65 bits per heavy atom. The Bertz CT molecular complexity index is 707. The number of rotatable bonds is 4. The summed E-state index contributed by atoms with van der Waals surface area (Å²) < 4.78 is 5.68. The van der Waals surface area contributed by atoms with Gasteiger partial charge < -0.3 is 15.3 Å². The van der Waals surface area contributed by atoms with Crippen molar-refractivity contribution in [3.05, 3.63) is 65.5 Å². The number of nitrogens with zero attached hydrogens (tertiary/aromatic N) is 1. The molecule has 4 heteroatoms. The minimum atomic E-state index is -0.276. The summed E-state index contributed by atoms with van der Waals surface area (Å²) in [5.41, 5.74) is 9.55. The van der Waals surface area contributed by atoms with Crippen molar-refractivity contribution in [2.24, 2.45) is 5.73 Å². The number of aromatic nitrogens is 1. The molecule has 3 rings (SSSR count). The minimum absolute atomic E-state index is 0.00575. The smallest absolute Gasteiger partial charge is 0.212 e. The van der Waals surface area contributed by atoms with Crippen LogP contribution in [0.2, 0.25) is 0 Å². The molecule has 0 saturated carbocycles. The van der Waals surface area contributed by atoms with Crippen molar-refractivity contribution < 1.29 is 9.52 Å². The second-order valence-corrected chi connectivity index (χ2v) is 4.81. The average molecular weight is 268 g/mol. The largest absolute Gasteiger partial charge is 0.439 e. The molecule has 4 nitrogen and oxygen atoms in total. The van der Waals surface area contributed by atoms with Crippen molar-refractivity contribution in [1.82, 2.24) is 4.98 Å². The van der Waals surface area contributed by atoms with Gasteiger partial charge in [-0.3, -0.25) is 0 Å². The molecule has 0 aliphatic heterocycles. The lowest BCUT2D eigenvalue weighted by Crippen LogP contribution is -2.13. The molecule has 0 aliphatic rings. The highest BCUT2D eigenvalue weighted by atomic mass is 16.3. The summed E-state index contributed by atoms with van der Waals surface area (Å²) >= 11 is 0. The van der Waals surface area contributed by atoms with Gasteiger partial charge in [-0.2, -0.15) is 0 Å². The van der Waals surface area contributed by atoms with Crippen LogP contribution in [0.1, 0.15) is 23.1 Å². The van der Waals surface area contributed by atoms with E-state index in [4.69, 9.17) is 15.3 Å². The van der Waals surface area contributed by atoms with Gasteiger partial charge in [0.05, 0.1) is 12.6 Å². The zero-order valence-corrected chi connectivity index (χ0v) is 11.0. The first-order valence-corrected chi connectivity index (χ1v) is 6.56. The fraction of sp³-hybridized carbons (Fsp3) is 0.188. The Kier molecular flexibility index (Phi) is 3.50. The lowest BCUT2D eigenvalue weighted by atomic mass is 10.1. The molecule has 0 fully saturated rings. The number of aliphatic hydroxyl groups excluding tert-OH is 1. The normalized spacial score (nSPS) is 12.7. The molecule has 0 saturated heterocycles. The van der Waals surface area contributed by atoms with E-state index in [1.807, 2.05) is 48.5 Å².